The molecule has 2 rings (SSSR count). The molecule has 0 aliphatic carbocycles. The minimum atomic E-state index is -0.522. The molecule has 0 aliphatic heterocycles. The van der Waals surface area contributed by atoms with Crippen molar-refractivity contribution in [2.45, 2.75) is 13.8 Å². The summed E-state index contributed by atoms with van der Waals surface area (Å²) >= 11 is 11.8. The van der Waals surface area contributed by atoms with Gasteiger partial charge in [0.25, 0.3) is 5.91 Å². The van der Waals surface area contributed by atoms with Crippen molar-refractivity contribution >= 4 is 46.6 Å². The predicted molar refractivity (Wildman–Crippen MR) is 109 cm³/mol. The number of pyridine rings is 1. The highest BCUT2D eigenvalue weighted by Gasteiger charge is 2.18. The highest BCUT2D eigenvalue weighted by Crippen LogP contribution is 2.20. The Kier molecular flexibility index (Phi) is 7.78. The van der Waals surface area contributed by atoms with E-state index in [9.17, 15) is 14.4 Å². The molecule has 148 valence electrons. The fraction of sp³-hybridized carbons (Fsp3) is 0.263. The second kappa shape index (κ2) is 10.1. The largest absolute Gasteiger partial charge is 0.342 e. The van der Waals surface area contributed by atoms with Crippen LogP contribution in [0.3, 0.4) is 0 Å². The van der Waals surface area contributed by atoms with Gasteiger partial charge in [-0.15, -0.1) is 0 Å². The van der Waals surface area contributed by atoms with Gasteiger partial charge < -0.3 is 15.5 Å². The normalized spacial score (nSPS) is 10.3. The van der Waals surface area contributed by atoms with Crippen molar-refractivity contribution < 1.29 is 14.4 Å². The Morgan fingerprint density at radius 1 is 1.11 bits per heavy atom. The summed E-state index contributed by atoms with van der Waals surface area (Å²) in [5.41, 5.74) is 1.55. The van der Waals surface area contributed by atoms with Gasteiger partial charge in [-0.3, -0.25) is 19.4 Å². The predicted octanol–water partition coefficient (Wildman–Crippen LogP) is 2.91. The summed E-state index contributed by atoms with van der Waals surface area (Å²) in [5, 5.41) is 6.09. The van der Waals surface area contributed by atoms with Crippen molar-refractivity contribution in [3.05, 3.63) is 57.8 Å². The second-order valence-electron chi connectivity index (χ2n) is 5.96. The number of anilines is 1. The highest BCUT2D eigenvalue weighted by molar-refractivity contribution is 6.31. The number of amides is 3. The van der Waals surface area contributed by atoms with Crippen LogP contribution in [-0.2, 0) is 9.59 Å². The van der Waals surface area contributed by atoms with Gasteiger partial charge in [-0.05, 0) is 43.7 Å². The molecule has 0 bridgehead atoms. The van der Waals surface area contributed by atoms with Gasteiger partial charge in [-0.25, -0.2) is 0 Å². The molecule has 1 heterocycles. The Bertz CT molecular complexity index is 889. The molecule has 2 aromatic rings. The minimum Gasteiger partial charge on any atom is -0.342 e. The van der Waals surface area contributed by atoms with Crippen LogP contribution in [-0.4, -0.2) is 47.2 Å². The molecule has 0 aliphatic rings. The Hall–Kier alpha value is -2.64. The van der Waals surface area contributed by atoms with Crippen molar-refractivity contribution in [2.75, 3.05) is 25.0 Å². The summed E-state index contributed by atoms with van der Waals surface area (Å²) < 4.78 is 0. The first-order chi connectivity index (χ1) is 13.3. The number of benzene rings is 1. The molecule has 7 nitrogen and oxygen atoms in total. The maximum absolute atomic E-state index is 12.3. The van der Waals surface area contributed by atoms with E-state index in [0.717, 1.165) is 5.56 Å². The molecule has 1 aromatic heterocycles. The molecule has 0 saturated heterocycles. The number of halogens is 2. The van der Waals surface area contributed by atoms with Gasteiger partial charge in [0.2, 0.25) is 11.8 Å². The van der Waals surface area contributed by atoms with E-state index in [2.05, 4.69) is 15.6 Å². The number of nitrogens with zero attached hydrogens (tertiary/aromatic N) is 2. The Labute approximate surface area is 173 Å². The van der Waals surface area contributed by atoms with Crippen molar-refractivity contribution in [3.63, 3.8) is 0 Å². The summed E-state index contributed by atoms with van der Waals surface area (Å²) in [7, 11) is 0. The lowest BCUT2D eigenvalue weighted by molar-refractivity contribution is -0.133. The first-order valence-corrected chi connectivity index (χ1v) is 9.29. The smallest absolute Gasteiger partial charge is 0.270 e. The lowest BCUT2D eigenvalue weighted by atomic mass is 10.2. The van der Waals surface area contributed by atoms with Gasteiger partial charge in [0.05, 0.1) is 13.1 Å². The van der Waals surface area contributed by atoms with Crippen LogP contribution >= 0.6 is 23.2 Å². The second-order valence-corrected chi connectivity index (χ2v) is 6.83. The number of carbonyl (C=O) groups is 3. The summed E-state index contributed by atoms with van der Waals surface area (Å²) in [6, 6.07) is 8.11. The molecule has 1 aromatic carbocycles. The number of nitrogens with one attached hydrogen (secondary N) is 2. The molecule has 0 atom stereocenters. The van der Waals surface area contributed by atoms with Crippen LogP contribution in [0.4, 0.5) is 5.69 Å². The monoisotopic (exact) mass is 422 g/mol. The van der Waals surface area contributed by atoms with Gasteiger partial charge in [0.1, 0.15) is 5.69 Å². The fourth-order valence-electron chi connectivity index (χ4n) is 2.36. The third kappa shape index (κ3) is 6.21. The molecular weight excluding hydrogens is 403 g/mol. The fourth-order valence-corrected chi connectivity index (χ4v) is 2.69. The molecular formula is C19H20Cl2N4O3. The molecule has 0 radical (unpaired) electrons. The lowest BCUT2D eigenvalue weighted by Crippen LogP contribution is -2.43. The Morgan fingerprint density at radius 3 is 2.50 bits per heavy atom. The van der Waals surface area contributed by atoms with Crippen molar-refractivity contribution in [1.29, 1.82) is 0 Å². The van der Waals surface area contributed by atoms with E-state index >= 15 is 0 Å². The molecule has 9 heteroatoms. The zero-order valence-corrected chi connectivity index (χ0v) is 17.0. The number of hydrogen-bond donors (Lipinski definition) is 2. The maximum atomic E-state index is 12.3. The number of aryl methyl sites for hydroxylation is 1. The van der Waals surface area contributed by atoms with Crippen LogP contribution in [0.5, 0.6) is 0 Å². The van der Waals surface area contributed by atoms with Crippen LogP contribution in [0.2, 0.25) is 10.0 Å². The molecule has 0 saturated carbocycles. The standard InChI is InChI=1S/C19H20Cl2N4O3/c1-3-25(11-17(26)24-15-8-13(20)5-4-12(15)2)18(27)10-23-19(28)16-9-14(21)6-7-22-16/h4-9H,3,10-11H2,1-2H3,(H,23,28)(H,24,26). The summed E-state index contributed by atoms with van der Waals surface area (Å²) in [6.07, 6.45) is 1.40. The molecule has 2 N–H and O–H groups in total. The van der Waals surface area contributed by atoms with Gasteiger partial charge in [0.15, 0.2) is 0 Å². The van der Waals surface area contributed by atoms with Crippen molar-refractivity contribution in [3.8, 4) is 0 Å². The average molecular weight is 423 g/mol. The first-order valence-electron chi connectivity index (χ1n) is 8.53. The third-order valence-corrected chi connectivity index (χ3v) is 4.37. The van der Waals surface area contributed by atoms with Gasteiger partial charge in [-0.2, -0.15) is 0 Å². The van der Waals surface area contributed by atoms with Crippen molar-refractivity contribution in [2.24, 2.45) is 0 Å². The zero-order chi connectivity index (χ0) is 20.7. The van der Waals surface area contributed by atoms with E-state index in [1.54, 1.807) is 31.2 Å². The van der Waals surface area contributed by atoms with Crippen LogP contribution in [0.25, 0.3) is 0 Å². The Morgan fingerprint density at radius 2 is 1.82 bits per heavy atom. The maximum Gasteiger partial charge on any atom is 0.270 e. The van der Waals surface area contributed by atoms with Gasteiger partial charge >= 0.3 is 0 Å². The van der Waals surface area contributed by atoms with E-state index < -0.39 is 11.8 Å². The number of likely N-dealkylation sites (N-methyl/N-ethyl adjacent to an activating group) is 1. The first kappa shape index (κ1) is 21.7. The zero-order valence-electron chi connectivity index (χ0n) is 15.5. The quantitative estimate of drug-likeness (QED) is 0.717. The molecule has 28 heavy (non-hydrogen) atoms. The SMILES string of the molecule is CCN(CC(=O)Nc1cc(Cl)ccc1C)C(=O)CNC(=O)c1cc(Cl)ccn1. The van der Waals surface area contributed by atoms with Crippen LogP contribution in [0, 0.1) is 6.92 Å². The van der Waals surface area contributed by atoms with Gasteiger partial charge in [0, 0.05) is 28.5 Å². The number of hydrogen-bond acceptors (Lipinski definition) is 4. The van der Waals surface area contributed by atoms with E-state index in [4.69, 9.17) is 23.2 Å². The van der Waals surface area contributed by atoms with Crippen LogP contribution in [0.15, 0.2) is 36.5 Å². The van der Waals surface area contributed by atoms with Gasteiger partial charge in [-0.1, -0.05) is 29.3 Å². The third-order valence-electron chi connectivity index (χ3n) is 3.90. The molecule has 0 fully saturated rings. The van der Waals surface area contributed by atoms with E-state index in [1.807, 2.05) is 6.92 Å². The Balaban J connectivity index is 1.91. The molecule has 0 unspecified atom stereocenters. The lowest BCUT2D eigenvalue weighted by Gasteiger charge is -2.21. The number of rotatable bonds is 7. The average Bonchev–Trinajstić information content (AvgIpc) is 2.66. The van der Waals surface area contributed by atoms with Crippen LogP contribution in [0.1, 0.15) is 23.0 Å². The van der Waals surface area contributed by atoms with E-state index in [-0.39, 0.29) is 24.7 Å². The number of carbonyl (C=O) groups excluding carboxylic acids is 3. The topological polar surface area (TPSA) is 91.4 Å². The molecule has 0 spiro atoms. The minimum absolute atomic E-state index is 0.109. The van der Waals surface area contributed by atoms with Crippen molar-refractivity contribution in [1.82, 2.24) is 15.2 Å². The van der Waals surface area contributed by atoms with E-state index in [0.29, 0.717) is 22.3 Å². The van der Waals surface area contributed by atoms with E-state index in [1.165, 1.54) is 17.2 Å². The summed E-state index contributed by atoms with van der Waals surface area (Å²) in [4.78, 5) is 41.9. The number of aromatic nitrogens is 1. The summed E-state index contributed by atoms with van der Waals surface area (Å²) in [6.45, 7) is 3.49. The highest BCUT2D eigenvalue weighted by atomic mass is 35.5. The summed E-state index contributed by atoms with van der Waals surface area (Å²) in [5.74, 6) is -1.27. The van der Waals surface area contributed by atoms with Crippen LogP contribution < -0.4 is 10.6 Å². The molecule has 3 amide bonds.